The van der Waals surface area contributed by atoms with Gasteiger partial charge in [-0.25, -0.2) is 4.98 Å². The highest BCUT2D eigenvalue weighted by atomic mass is 32.1. The third kappa shape index (κ3) is 3.40. The van der Waals surface area contributed by atoms with Crippen molar-refractivity contribution in [3.05, 3.63) is 34.2 Å². The summed E-state index contributed by atoms with van der Waals surface area (Å²) in [5, 5.41) is 9.77. The van der Waals surface area contributed by atoms with E-state index in [1.165, 1.54) is 4.88 Å². The fraction of sp³-hybridized carbons (Fsp3) is 0.389. The maximum atomic E-state index is 9.77. The van der Waals surface area contributed by atoms with Gasteiger partial charge < -0.3 is 9.84 Å². The van der Waals surface area contributed by atoms with Gasteiger partial charge in [0.15, 0.2) is 0 Å². The van der Waals surface area contributed by atoms with Crippen molar-refractivity contribution in [1.29, 1.82) is 0 Å². The Balaban J connectivity index is 2.07. The SMILES string of the molecule is CN(C)C1COc2ccc(C#CC(C)(C)O)cc2-c2ncsc21. The molecular formula is C18H20N2O2S. The number of fused-ring (bicyclic) bond motifs is 3. The molecule has 1 aliphatic rings. The molecule has 23 heavy (non-hydrogen) atoms. The second-order valence-electron chi connectivity index (χ2n) is 6.38. The van der Waals surface area contributed by atoms with E-state index in [4.69, 9.17) is 4.74 Å². The maximum Gasteiger partial charge on any atom is 0.128 e. The van der Waals surface area contributed by atoms with E-state index in [9.17, 15) is 5.11 Å². The Morgan fingerprint density at radius 3 is 2.87 bits per heavy atom. The molecular weight excluding hydrogens is 308 g/mol. The zero-order valence-corrected chi connectivity index (χ0v) is 14.6. The van der Waals surface area contributed by atoms with Gasteiger partial charge in [0.1, 0.15) is 18.0 Å². The summed E-state index contributed by atoms with van der Waals surface area (Å²) in [6.07, 6.45) is 0. The van der Waals surface area contributed by atoms with Crippen molar-refractivity contribution in [1.82, 2.24) is 9.88 Å². The molecule has 1 aromatic heterocycles. The number of likely N-dealkylation sites (N-methyl/N-ethyl adjacent to an activating group) is 1. The first-order valence-corrected chi connectivity index (χ1v) is 8.36. The number of benzene rings is 1. The van der Waals surface area contributed by atoms with Crippen LogP contribution in [0.2, 0.25) is 0 Å². The second kappa shape index (κ2) is 5.97. The Hall–Kier alpha value is -1.87. The van der Waals surface area contributed by atoms with Crippen LogP contribution in [0.5, 0.6) is 5.75 Å². The molecule has 0 bridgehead atoms. The first kappa shape index (κ1) is 16.0. The molecule has 0 saturated heterocycles. The van der Waals surface area contributed by atoms with E-state index in [2.05, 4.69) is 21.7 Å². The summed E-state index contributed by atoms with van der Waals surface area (Å²) < 4.78 is 5.99. The lowest BCUT2D eigenvalue weighted by molar-refractivity contribution is 0.143. The molecule has 2 heterocycles. The summed E-state index contributed by atoms with van der Waals surface area (Å²) in [5.41, 5.74) is 3.65. The van der Waals surface area contributed by atoms with Gasteiger partial charge in [-0.3, -0.25) is 4.90 Å². The van der Waals surface area contributed by atoms with Crippen LogP contribution < -0.4 is 4.74 Å². The third-order valence-electron chi connectivity index (χ3n) is 3.66. The quantitative estimate of drug-likeness (QED) is 0.818. The van der Waals surface area contributed by atoms with E-state index in [0.29, 0.717) is 6.61 Å². The van der Waals surface area contributed by atoms with Crippen molar-refractivity contribution >= 4 is 11.3 Å². The topological polar surface area (TPSA) is 45.6 Å². The van der Waals surface area contributed by atoms with Crippen molar-refractivity contribution in [3.8, 4) is 28.8 Å². The van der Waals surface area contributed by atoms with Crippen LogP contribution in [-0.4, -0.2) is 41.3 Å². The molecule has 120 valence electrons. The highest BCUT2D eigenvalue weighted by Gasteiger charge is 2.27. The van der Waals surface area contributed by atoms with E-state index >= 15 is 0 Å². The van der Waals surface area contributed by atoms with Gasteiger partial charge in [0.05, 0.1) is 22.1 Å². The zero-order valence-electron chi connectivity index (χ0n) is 13.8. The summed E-state index contributed by atoms with van der Waals surface area (Å²) in [6.45, 7) is 3.95. The molecule has 0 saturated carbocycles. The molecule has 3 rings (SSSR count). The van der Waals surface area contributed by atoms with Gasteiger partial charge in [0.25, 0.3) is 0 Å². The van der Waals surface area contributed by atoms with Gasteiger partial charge in [-0.05, 0) is 46.1 Å². The van der Waals surface area contributed by atoms with Crippen molar-refractivity contribution in [2.75, 3.05) is 20.7 Å². The first-order valence-electron chi connectivity index (χ1n) is 7.48. The minimum Gasteiger partial charge on any atom is -0.491 e. The van der Waals surface area contributed by atoms with Crippen molar-refractivity contribution < 1.29 is 9.84 Å². The number of nitrogens with zero attached hydrogens (tertiary/aromatic N) is 2. The number of hydrogen-bond acceptors (Lipinski definition) is 5. The van der Waals surface area contributed by atoms with Gasteiger partial charge in [-0.15, -0.1) is 11.3 Å². The zero-order chi connectivity index (χ0) is 16.6. The lowest BCUT2D eigenvalue weighted by Crippen LogP contribution is -2.24. The van der Waals surface area contributed by atoms with E-state index < -0.39 is 5.60 Å². The second-order valence-corrected chi connectivity index (χ2v) is 7.26. The predicted octanol–water partition coefficient (Wildman–Crippen LogP) is 2.93. The smallest absolute Gasteiger partial charge is 0.128 e. The highest BCUT2D eigenvalue weighted by Crippen LogP contribution is 2.41. The van der Waals surface area contributed by atoms with Crippen LogP contribution in [0.15, 0.2) is 23.7 Å². The summed E-state index contributed by atoms with van der Waals surface area (Å²) in [5.74, 6) is 6.69. The number of thiazole rings is 1. The van der Waals surface area contributed by atoms with Crippen LogP contribution in [0, 0.1) is 11.8 Å². The molecule has 0 amide bonds. The highest BCUT2D eigenvalue weighted by molar-refractivity contribution is 7.10. The Labute approximate surface area is 140 Å². The molecule has 0 radical (unpaired) electrons. The van der Waals surface area contributed by atoms with Crippen molar-refractivity contribution in [3.63, 3.8) is 0 Å². The predicted molar refractivity (Wildman–Crippen MR) is 92.6 cm³/mol. The average Bonchev–Trinajstić information content (AvgIpc) is 2.88. The fourth-order valence-corrected chi connectivity index (χ4v) is 3.45. The maximum absolute atomic E-state index is 9.77. The lowest BCUT2D eigenvalue weighted by Gasteiger charge is -2.21. The van der Waals surface area contributed by atoms with Crippen molar-refractivity contribution in [2.45, 2.75) is 25.5 Å². The summed E-state index contributed by atoms with van der Waals surface area (Å²) in [7, 11) is 4.10. The van der Waals surface area contributed by atoms with Gasteiger partial charge in [-0.1, -0.05) is 11.8 Å². The van der Waals surface area contributed by atoms with Gasteiger partial charge >= 0.3 is 0 Å². The monoisotopic (exact) mass is 328 g/mol. The standard InChI is InChI=1S/C18H20N2O2S/c1-18(2,21)8-7-12-5-6-15-13(9-12)16-17(23-11-19-16)14(10-22-15)20(3)4/h5-6,9,11,14,21H,10H2,1-4H3. The minimum absolute atomic E-state index is 0.191. The van der Waals surface area contributed by atoms with E-state index in [-0.39, 0.29) is 6.04 Å². The Morgan fingerprint density at radius 1 is 1.39 bits per heavy atom. The summed E-state index contributed by atoms with van der Waals surface area (Å²) in [6, 6.07) is 6.03. The summed E-state index contributed by atoms with van der Waals surface area (Å²) in [4.78, 5) is 7.92. The first-order chi connectivity index (χ1) is 10.8. The van der Waals surface area contributed by atoms with Crippen LogP contribution in [0.25, 0.3) is 11.3 Å². The Kier molecular flexibility index (Phi) is 4.15. The fourth-order valence-electron chi connectivity index (χ4n) is 2.47. The van der Waals surface area contributed by atoms with Crippen LogP contribution in [0.3, 0.4) is 0 Å². The van der Waals surface area contributed by atoms with E-state index in [0.717, 1.165) is 22.6 Å². The van der Waals surface area contributed by atoms with Crippen LogP contribution in [0.1, 0.15) is 30.3 Å². The molecule has 2 aromatic rings. The number of ether oxygens (including phenoxy) is 1. The van der Waals surface area contributed by atoms with Gasteiger partial charge in [0.2, 0.25) is 0 Å². The van der Waals surface area contributed by atoms with Gasteiger partial charge in [-0.2, -0.15) is 0 Å². The average molecular weight is 328 g/mol. The molecule has 5 heteroatoms. The number of hydrogen-bond donors (Lipinski definition) is 1. The molecule has 1 aromatic carbocycles. The minimum atomic E-state index is -1.01. The molecule has 1 atom stereocenters. The molecule has 1 unspecified atom stereocenters. The number of rotatable bonds is 1. The normalized spacial score (nSPS) is 16.7. The number of aliphatic hydroxyl groups is 1. The molecule has 0 fully saturated rings. The van der Waals surface area contributed by atoms with Crippen LogP contribution in [-0.2, 0) is 0 Å². The van der Waals surface area contributed by atoms with E-state index in [1.54, 1.807) is 25.2 Å². The molecule has 1 aliphatic heterocycles. The van der Waals surface area contributed by atoms with Crippen LogP contribution in [0.4, 0.5) is 0 Å². The lowest BCUT2D eigenvalue weighted by atomic mass is 10.0. The summed E-state index contributed by atoms with van der Waals surface area (Å²) >= 11 is 1.65. The molecule has 4 nitrogen and oxygen atoms in total. The Bertz CT molecular complexity index is 778. The van der Waals surface area contributed by atoms with E-state index in [1.807, 2.05) is 37.8 Å². The Morgan fingerprint density at radius 2 is 2.17 bits per heavy atom. The molecule has 0 aliphatic carbocycles. The molecule has 0 spiro atoms. The van der Waals surface area contributed by atoms with Crippen LogP contribution >= 0.6 is 11.3 Å². The number of aromatic nitrogens is 1. The molecule has 1 N–H and O–H groups in total. The largest absolute Gasteiger partial charge is 0.491 e. The van der Waals surface area contributed by atoms with Gasteiger partial charge in [0, 0.05) is 11.1 Å². The third-order valence-corrected chi connectivity index (χ3v) is 4.60. The van der Waals surface area contributed by atoms with Crippen molar-refractivity contribution in [2.24, 2.45) is 0 Å².